The average Bonchev–Trinajstić information content (AvgIpc) is 2.77. The first kappa shape index (κ1) is 15.3. The number of hydrogen-bond acceptors (Lipinski definition) is 5. The van der Waals surface area contributed by atoms with Crippen molar-refractivity contribution in [2.75, 3.05) is 31.6 Å². The fourth-order valence-corrected chi connectivity index (χ4v) is 3.47. The molecular weight excluding hydrogens is 274 g/mol. The van der Waals surface area contributed by atoms with Crippen LogP contribution in [0.15, 0.2) is 0 Å². The van der Waals surface area contributed by atoms with Crippen molar-refractivity contribution in [3.63, 3.8) is 0 Å². The largest absolute Gasteiger partial charge is 0.477 e. The van der Waals surface area contributed by atoms with Crippen LogP contribution < -0.4 is 4.90 Å². The van der Waals surface area contributed by atoms with Gasteiger partial charge in [0.2, 0.25) is 0 Å². The molecule has 1 N–H and O–H groups in total. The van der Waals surface area contributed by atoms with Crippen LogP contribution in [0.4, 0.5) is 5.13 Å². The Morgan fingerprint density at radius 2 is 2.05 bits per heavy atom. The van der Waals surface area contributed by atoms with Gasteiger partial charge in [-0.15, -0.1) is 0 Å². The summed E-state index contributed by atoms with van der Waals surface area (Å²) >= 11 is 1.30. The van der Waals surface area contributed by atoms with Gasteiger partial charge >= 0.3 is 5.97 Å². The van der Waals surface area contributed by atoms with Crippen molar-refractivity contribution in [3.8, 4) is 0 Å². The van der Waals surface area contributed by atoms with Crippen molar-refractivity contribution < 1.29 is 9.90 Å². The van der Waals surface area contributed by atoms with Gasteiger partial charge in [-0.25, -0.2) is 9.78 Å². The number of carbonyl (C=O) groups is 1. The maximum Gasteiger partial charge on any atom is 0.347 e. The minimum Gasteiger partial charge on any atom is -0.477 e. The fourth-order valence-electron chi connectivity index (χ4n) is 2.32. The van der Waals surface area contributed by atoms with Crippen LogP contribution in [0.5, 0.6) is 0 Å². The maximum absolute atomic E-state index is 11.4. The molecule has 0 bridgehead atoms. The van der Waals surface area contributed by atoms with Crippen LogP contribution in [-0.2, 0) is 5.41 Å². The Morgan fingerprint density at radius 1 is 1.40 bits per heavy atom. The molecule has 20 heavy (non-hydrogen) atoms. The van der Waals surface area contributed by atoms with E-state index in [1.165, 1.54) is 11.3 Å². The molecule has 1 aromatic heterocycles. The lowest BCUT2D eigenvalue weighted by molar-refractivity contribution is 0.0699. The topological polar surface area (TPSA) is 56.7 Å². The number of hydrogen-bond donors (Lipinski definition) is 1. The monoisotopic (exact) mass is 297 g/mol. The van der Waals surface area contributed by atoms with Gasteiger partial charge < -0.3 is 14.9 Å². The number of aromatic nitrogens is 1. The minimum absolute atomic E-state index is 0.249. The number of thiazole rings is 1. The number of likely N-dealkylation sites (N-methyl/N-ethyl adjacent to an activating group) is 1. The highest BCUT2D eigenvalue weighted by molar-refractivity contribution is 7.17. The summed E-state index contributed by atoms with van der Waals surface area (Å²) in [5.74, 6) is -0.874. The lowest BCUT2D eigenvalue weighted by Gasteiger charge is -2.37. The van der Waals surface area contributed by atoms with Crippen molar-refractivity contribution in [3.05, 3.63) is 10.6 Å². The molecular formula is C14H23N3O2S. The standard InChI is InChI=1S/C14H23N3O2S/c1-9-8-17(7-6-16(9)5)13-15-11(14(2,3)4)10(20-13)12(18)19/h9H,6-8H2,1-5H3,(H,18,19). The summed E-state index contributed by atoms with van der Waals surface area (Å²) in [6, 6.07) is 0.457. The minimum atomic E-state index is -0.874. The summed E-state index contributed by atoms with van der Waals surface area (Å²) in [5.41, 5.74) is 0.442. The molecule has 0 radical (unpaired) electrons. The summed E-state index contributed by atoms with van der Waals surface area (Å²) in [7, 11) is 2.12. The van der Waals surface area contributed by atoms with Crippen LogP contribution in [0.2, 0.25) is 0 Å². The predicted octanol–water partition coefficient (Wildman–Crippen LogP) is 2.28. The van der Waals surface area contributed by atoms with Crippen molar-refractivity contribution in [2.24, 2.45) is 0 Å². The van der Waals surface area contributed by atoms with Crippen LogP contribution in [0.1, 0.15) is 43.1 Å². The number of nitrogens with zero attached hydrogens (tertiary/aromatic N) is 3. The Labute approximate surface area is 124 Å². The lowest BCUT2D eigenvalue weighted by Crippen LogP contribution is -2.50. The van der Waals surface area contributed by atoms with Crippen molar-refractivity contribution >= 4 is 22.4 Å². The lowest BCUT2D eigenvalue weighted by atomic mass is 9.91. The van der Waals surface area contributed by atoms with E-state index < -0.39 is 5.97 Å². The third-order valence-corrected chi connectivity index (χ3v) is 4.85. The Morgan fingerprint density at radius 3 is 2.50 bits per heavy atom. The third kappa shape index (κ3) is 2.96. The first-order chi connectivity index (χ1) is 9.20. The molecule has 0 amide bonds. The number of carboxylic acid groups (broad SMARTS) is 1. The van der Waals surface area contributed by atoms with Gasteiger partial charge in [0, 0.05) is 31.1 Å². The van der Waals surface area contributed by atoms with Gasteiger partial charge in [-0.2, -0.15) is 0 Å². The first-order valence-corrected chi connectivity index (χ1v) is 7.71. The second-order valence-corrected chi connectivity index (χ2v) is 7.48. The van der Waals surface area contributed by atoms with Crippen LogP contribution >= 0.6 is 11.3 Å². The van der Waals surface area contributed by atoms with Gasteiger partial charge in [0.05, 0.1) is 5.69 Å². The van der Waals surface area contributed by atoms with Gasteiger partial charge in [-0.1, -0.05) is 32.1 Å². The molecule has 0 aliphatic carbocycles. The third-order valence-electron chi connectivity index (χ3n) is 3.75. The molecule has 5 nitrogen and oxygen atoms in total. The molecule has 1 unspecified atom stereocenters. The molecule has 1 atom stereocenters. The summed E-state index contributed by atoms with van der Waals surface area (Å²) in [5, 5.41) is 10.2. The Kier molecular flexibility index (Phi) is 4.07. The van der Waals surface area contributed by atoms with E-state index in [-0.39, 0.29) is 5.41 Å². The Bertz CT molecular complexity index is 507. The normalized spacial score (nSPS) is 21.2. The molecule has 1 aliphatic heterocycles. The highest BCUT2D eigenvalue weighted by Gasteiger charge is 2.30. The number of aromatic carboxylic acids is 1. The first-order valence-electron chi connectivity index (χ1n) is 6.90. The summed E-state index contributed by atoms with van der Waals surface area (Å²) in [6.07, 6.45) is 0. The van der Waals surface area contributed by atoms with Gasteiger partial charge in [0.15, 0.2) is 5.13 Å². The van der Waals surface area contributed by atoms with E-state index in [4.69, 9.17) is 0 Å². The molecule has 2 heterocycles. The van der Waals surface area contributed by atoms with E-state index in [0.717, 1.165) is 24.8 Å². The van der Waals surface area contributed by atoms with Crippen LogP contribution in [0.25, 0.3) is 0 Å². The van der Waals surface area contributed by atoms with Crippen LogP contribution in [0.3, 0.4) is 0 Å². The molecule has 0 aromatic carbocycles. The number of rotatable bonds is 2. The summed E-state index contributed by atoms with van der Waals surface area (Å²) in [4.78, 5) is 20.9. The number of piperazine rings is 1. The van der Waals surface area contributed by atoms with E-state index in [2.05, 4.69) is 28.8 Å². The fraction of sp³-hybridized carbons (Fsp3) is 0.714. The van der Waals surface area contributed by atoms with Gasteiger partial charge in [0.1, 0.15) is 4.88 Å². The second-order valence-electron chi connectivity index (χ2n) is 6.50. The molecule has 1 fully saturated rings. The van der Waals surface area contributed by atoms with E-state index in [1.807, 2.05) is 20.8 Å². The predicted molar refractivity (Wildman–Crippen MR) is 82.1 cm³/mol. The molecule has 2 rings (SSSR count). The average molecular weight is 297 g/mol. The molecule has 6 heteroatoms. The number of anilines is 1. The van der Waals surface area contributed by atoms with Crippen molar-refractivity contribution in [1.29, 1.82) is 0 Å². The maximum atomic E-state index is 11.4. The van der Waals surface area contributed by atoms with Gasteiger partial charge in [-0.3, -0.25) is 0 Å². The van der Waals surface area contributed by atoms with E-state index in [0.29, 0.717) is 16.6 Å². The zero-order chi connectivity index (χ0) is 15.1. The van der Waals surface area contributed by atoms with Crippen molar-refractivity contribution in [1.82, 2.24) is 9.88 Å². The van der Waals surface area contributed by atoms with E-state index >= 15 is 0 Å². The summed E-state index contributed by atoms with van der Waals surface area (Å²) < 4.78 is 0. The SMILES string of the molecule is CC1CN(c2nc(C(C)(C)C)c(C(=O)O)s2)CCN1C. The van der Waals surface area contributed by atoms with Crippen LogP contribution in [0, 0.1) is 0 Å². The van der Waals surface area contributed by atoms with E-state index in [1.54, 1.807) is 0 Å². The molecule has 112 valence electrons. The molecule has 1 aliphatic rings. The molecule has 1 aromatic rings. The zero-order valence-electron chi connectivity index (χ0n) is 12.8. The van der Waals surface area contributed by atoms with E-state index in [9.17, 15) is 9.90 Å². The molecule has 1 saturated heterocycles. The smallest absolute Gasteiger partial charge is 0.347 e. The Balaban J connectivity index is 2.32. The Hall–Kier alpha value is -1.14. The molecule has 0 saturated carbocycles. The second kappa shape index (κ2) is 5.33. The van der Waals surface area contributed by atoms with Crippen LogP contribution in [-0.4, -0.2) is 53.7 Å². The highest BCUT2D eigenvalue weighted by Crippen LogP contribution is 2.34. The van der Waals surface area contributed by atoms with Gasteiger partial charge in [-0.05, 0) is 14.0 Å². The summed E-state index contributed by atoms with van der Waals surface area (Å²) in [6.45, 7) is 11.0. The highest BCUT2D eigenvalue weighted by atomic mass is 32.1. The molecule has 0 spiro atoms. The van der Waals surface area contributed by atoms with Gasteiger partial charge in [0.25, 0.3) is 0 Å². The number of carboxylic acids is 1. The zero-order valence-corrected chi connectivity index (χ0v) is 13.6. The van der Waals surface area contributed by atoms with Crippen molar-refractivity contribution in [2.45, 2.75) is 39.2 Å². The quantitative estimate of drug-likeness (QED) is 0.907.